The Balaban J connectivity index is 2.06. The minimum absolute atomic E-state index is 0.250. The number of anilines is 1. The molecule has 1 heterocycles. The Hall–Kier alpha value is -1.36. The first kappa shape index (κ1) is 13.1. The van der Waals surface area contributed by atoms with E-state index < -0.39 is 0 Å². The lowest BCUT2D eigenvalue weighted by molar-refractivity contribution is 0.626. The summed E-state index contributed by atoms with van der Waals surface area (Å²) in [4.78, 5) is 4.11. The predicted octanol–water partition coefficient (Wildman–Crippen LogP) is 3.81. The van der Waals surface area contributed by atoms with E-state index in [-0.39, 0.29) is 5.82 Å². The number of benzene rings is 1. The summed E-state index contributed by atoms with van der Waals surface area (Å²) in [6.07, 6.45) is 4.66. The fourth-order valence-electron chi connectivity index (χ4n) is 1.76. The molecule has 18 heavy (non-hydrogen) atoms. The Morgan fingerprint density at radius 1 is 1.44 bits per heavy atom. The van der Waals surface area contributed by atoms with E-state index in [4.69, 9.17) is 0 Å². The van der Waals surface area contributed by atoms with Crippen LogP contribution in [0.2, 0.25) is 0 Å². The molecule has 0 radical (unpaired) electrons. The molecule has 0 saturated carbocycles. The van der Waals surface area contributed by atoms with E-state index >= 15 is 0 Å². The van der Waals surface area contributed by atoms with Crippen LogP contribution >= 0.6 is 15.9 Å². The van der Waals surface area contributed by atoms with Gasteiger partial charge in [0.25, 0.3) is 0 Å². The number of nitrogens with zero attached hydrogens (tertiary/aromatic N) is 2. The van der Waals surface area contributed by atoms with Gasteiger partial charge in [0.2, 0.25) is 0 Å². The average Bonchev–Trinajstić information content (AvgIpc) is 2.78. The molecule has 0 fully saturated rings. The molecule has 0 unspecified atom stereocenters. The lowest BCUT2D eigenvalue weighted by Gasteiger charge is -2.10. The van der Waals surface area contributed by atoms with Crippen LogP contribution < -0.4 is 5.32 Å². The molecule has 0 spiro atoms. The van der Waals surface area contributed by atoms with Crippen molar-refractivity contribution in [1.82, 2.24) is 9.55 Å². The summed E-state index contributed by atoms with van der Waals surface area (Å²) >= 11 is 3.33. The molecule has 2 rings (SSSR count). The molecule has 1 aromatic heterocycles. The molecule has 2 aromatic rings. The van der Waals surface area contributed by atoms with E-state index in [9.17, 15) is 4.39 Å². The summed E-state index contributed by atoms with van der Waals surface area (Å²) in [6.45, 7) is 3.61. The zero-order valence-corrected chi connectivity index (χ0v) is 11.7. The van der Waals surface area contributed by atoms with E-state index in [1.807, 2.05) is 0 Å². The molecular weight excluding hydrogens is 297 g/mol. The van der Waals surface area contributed by atoms with Crippen molar-refractivity contribution in [3.05, 3.63) is 46.7 Å². The number of hydrogen-bond acceptors (Lipinski definition) is 2. The average molecular weight is 312 g/mol. The second-order valence-corrected chi connectivity index (χ2v) is 4.97. The van der Waals surface area contributed by atoms with Crippen molar-refractivity contribution in [2.45, 2.75) is 26.4 Å². The maximum absolute atomic E-state index is 13.5. The molecule has 5 heteroatoms. The molecule has 0 aliphatic rings. The minimum atomic E-state index is -0.250. The van der Waals surface area contributed by atoms with Gasteiger partial charge in [0.1, 0.15) is 5.82 Å². The number of aromatic nitrogens is 2. The van der Waals surface area contributed by atoms with E-state index in [1.165, 1.54) is 6.07 Å². The van der Waals surface area contributed by atoms with Gasteiger partial charge in [-0.25, -0.2) is 9.37 Å². The highest BCUT2D eigenvalue weighted by Crippen LogP contribution is 2.20. The van der Waals surface area contributed by atoms with Crippen molar-refractivity contribution in [2.75, 3.05) is 5.32 Å². The third-order valence-corrected chi connectivity index (χ3v) is 3.14. The molecule has 0 saturated heterocycles. The molecule has 0 aliphatic carbocycles. The van der Waals surface area contributed by atoms with E-state index in [0.717, 1.165) is 23.1 Å². The normalized spacial score (nSPS) is 10.6. The van der Waals surface area contributed by atoms with Gasteiger partial charge >= 0.3 is 0 Å². The highest BCUT2D eigenvalue weighted by Gasteiger charge is 2.05. The van der Waals surface area contributed by atoms with Crippen molar-refractivity contribution in [3.63, 3.8) is 0 Å². The van der Waals surface area contributed by atoms with Gasteiger partial charge < -0.3 is 9.88 Å². The Kier molecular flexibility index (Phi) is 4.36. The lowest BCUT2D eigenvalue weighted by atomic mass is 10.3. The Labute approximate surface area is 114 Å². The van der Waals surface area contributed by atoms with Crippen LogP contribution in [0.5, 0.6) is 0 Å². The quantitative estimate of drug-likeness (QED) is 0.910. The standard InChI is InChI=1S/C13H15BrFN3/c1-2-5-18-9-16-7-11(18)8-17-13-6-10(14)3-4-12(13)15/h3-4,6-7,9,17H,2,5,8H2,1H3. The first-order valence-electron chi connectivity index (χ1n) is 5.88. The Morgan fingerprint density at radius 3 is 3.06 bits per heavy atom. The van der Waals surface area contributed by atoms with Crippen LogP contribution in [-0.2, 0) is 13.1 Å². The van der Waals surface area contributed by atoms with Crippen LogP contribution in [0, 0.1) is 5.82 Å². The summed E-state index contributed by atoms with van der Waals surface area (Å²) in [5.41, 5.74) is 1.55. The fourth-order valence-corrected chi connectivity index (χ4v) is 2.12. The molecule has 0 atom stereocenters. The first-order chi connectivity index (χ1) is 8.70. The SMILES string of the molecule is CCCn1cncc1CNc1cc(Br)ccc1F. The van der Waals surface area contributed by atoms with Crippen LogP contribution in [0.1, 0.15) is 19.0 Å². The molecule has 0 amide bonds. The maximum Gasteiger partial charge on any atom is 0.146 e. The van der Waals surface area contributed by atoms with Crippen LogP contribution in [0.3, 0.4) is 0 Å². The fraction of sp³-hybridized carbons (Fsp3) is 0.308. The number of imidazole rings is 1. The molecule has 0 bridgehead atoms. The number of halogens is 2. The number of hydrogen-bond donors (Lipinski definition) is 1. The van der Waals surface area contributed by atoms with Gasteiger partial charge in [-0.1, -0.05) is 22.9 Å². The summed E-state index contributed by atoms with van der Waals surface area (Å²) in [6, 6.07) is 4.85. The second-order valence-electron chi connectivity index (χ2n) is 4.06. The van der Waals surface area contributed by atoms with Gasteiger partial charge in [0, 0.05) is 17.2 Å². The van der Waals surface area contributed by atoms with Gasteiger partial charge in [0.05, 0.1) is 24.3 Å². The van der Waals surface area contributed by atoms with Crippen LogP contribution in [-0.4, -0.2) is 9.55 Å². The Bertz CT molecular complexity index is 525. The molecule has 3 nitrogen and oxygen atoms in total. The van der Waals surface area contributed by atoms with E-state index in [1.54, 1.807) is 24.7 Å². The Morgan fingerprint density at radius 2 is 2.28 bits per heavy atom. The largest absolute Gasteiger partial charge is 0.377 e. The number of aryl methyl sites for hydroxylation is 1. The second kappa shape index (κ2) is 6.00. The summed E-state index contributed by atoms with van der Waals surface area (Å²) in [5, 5.41) is 3.09. The van der Waals surface area contributed by atoms with Crippen molar-refractivity contribution in [3.8, 4) is 0 Å². The highest BCUT2D eigenvalue weighted by atomic mass is 79.9. The molecule has 1 N–H and O–H groups in total. The maximum atomic E-state index is 13.5. The van der Waals surface area contributed by atoms with Crippen LogP contribution in [0.4, 0.5) is 10.1 Å². The molecular formula is C13H15BrFN3. The van der Waals surface area contributed by atoms with E-state index in [2.05, 4.69) is 37.7 Å². The van der Waals surface area contributed by atoms with E-state index in [0.29, 0.717) is 12.2 Å². The van der Waals surface area contributed by atoms with Crippen molar-refractivity contribution < 1.29 is 4.39 Å². The molecule has 96 valence electrons. The third-order valence-electron chi connectivity index (χ3n) is 2.65. The molecule has 1 aromatic carbocycles. The zero-order chi connectivity index (χ0) is 13.0. The summed E-state index contributed by atoms with van der Waals surface area (Å²) < 4.78 is 16.5. The van der Waals surface area contributed by atoms with Gasteiger partial charge in [-0.2, -0.15) is 0 Å². The monoisotopic (exact) mass is 311 g/mol. The van der Waals surface area contributed by atoms with Gasteiger partial charge in [-0.05, 0) is 24.6 Å². The summed E-state index contributed by atoms with van der Waals surface area (Å²) in [7, 11) is 0. The van der Waals surface area contributed by atoms with Crippen molar-refractivity contribution in [1.29, 1.82) is 0 Å². The lowest BCUT2D eigenvalue weighted by Crippen LogP contribution is -2.07. The van der Waals surface area contributed by atoms with Gasteiger partial charge in [0.15, 0.2) is 0 Å². The number of nitrogens with one attached hydrogen (secondary N) is 1. The number of rotatable bonds is 5. The van der Waals surface area contributed by atoms with Crippen LogP contribution in [0.15, 0.2) is 35.2 Å². The predicted molar refractivity (Wildman–Crippen MR) is 73.9 cm³/mol. The van der Waals surface area contributed by atoms with Crippen LogP contribution in [0.25, 0.3) is 0 Å². The minimum Gasteiger partial charge on any atom is -0.377 e. The van der Waals surface area contributed by atoms with Gasteiger partial charge in [-0.15, -0.1) is 0 Å². The molecule has 0 aliphatic heterocycles. The van der Waals surface area contributed by atoms with Crippen molar-refractivity contribution in [2.24, 2.45) is 0 Å². The van der Waals surface area contributed by atoms with Crippen molar-refractivity contribution >= 4 is 21.6 Å². The topological polar surface area (TPSA) is 29.9 Å². The third kappa shape index (κ3) is 3.10. The highest BCUT2D eigenvalue weighted by molar-refractivity contribution is 9.10. The summed E-state index contributed by atoms with van der Waals surface area (Å²) in [5.74, 6) is -0.250. The van der Waals surface area contributed by atoms with Gasteiger partial charge in [-0.3, -0.25) is 0 Å². The first-order valence-corrected chi connectivity index (χ1v) is 6.68. The smallest absolute Gasteiger partial charge is 0.146 e. The zero-order valence-electron chi connectivity index (χ0n) is 10.2.